The maximum atomic E-state index is 12.1. The molecule has 0 radical (unpaired) electrons. The minimum Gasteiger partial charge on any atom is -0.367 e. The summed E-state index contributed by atoms with van der Waals surface area (Å²) in [5.41, 5.74) is -0.384. The summed E-state index contributed by atoms with van der Waals surface area (Å²) >= 11 is 0. The number of carbonyl (C=O) groups is 1. The topological polar surface area (TPSA) is 26.3 Å². The van der Waals surface area contributed by atoms with Crippen LogP contribution in [0, 0.1) is 11.8 Å². The van der Waals surface area contributed by atoms with Crippen LogP contribution in [-0.2, 0) is 9.53 Å². The lowest BCUT2D eigenvalue weighted by molar-refractivity contribution is -0.169. The van der Waals surface area contributed by atoms with E-state index in [0.717, 1.165) is 38.7 Å². The Morgan fingerprint density at radius 3 is 2.71 bits per heavy atom. The molecule has 80 valence electrons. The predicted octanol–water partition coefficient (Wildman–Crippen LogP) is 2.56. The summed E-state index contributed by atoms with van der Waals surface area (Å²) < 4.78 is 5.83. The Bertz CT molecular complexity index is 228. The van der Waals surface area contributed by atoms with Crippen molar-refractivity contribution in [3.8, 4) is 0 Å². The molecule has 14 heavy (non-hydrogen) atoms. The zero-order valence-electron chi connectivity index (χ0n) is 9.21. The summed E-state index contributed by atoms with van der Waals surface area (Å²) in [5.74, 6) is 1.33. The molecular formula is C12H20O2. The molecule has 1 aliphatic heterocycles. The van der Waals surface area contributed by atoms with Crippen molar-refractivity contribution in [2.45, 2.75) is 51.6 Å². The Balaban J connectivity index is 2.18. The highest BCUT2D eigenvalue weighted by atomic mass is 16.5. The molecule has 0 amide bonds. The summed E-state index contributed by atoms with van der Waals surface area (Å²) in [4.78, 5) is 12.1. The third kappa shape index (κ3) is 1.50. The van der Waals surface area contributed by atoms with Gasteiger partial charge in [-0.15, -0.1) is 0 Å². The molecule has 0 N–H and O–H groups in total. The van der Waals surface area contributed by atoms with Crippen LogP contribution in [0.15, 0.2) is 0 Å². The van der Waals surface area contributed by atoms with E-state index in [-0.39, 0.29) is 5.60 Å². The van der Waals surface area contributed by atoms with Crippen molar-refractivity contribution in [2.24, 2.45) is 11.8 Å². The maximum absolute atomic E-state index is 12.1. The molecule has 0 aromatic carbocycles. The van der Waals surface area contributed by atoms with Crippen LogP contribution in [0.25, 0.3) is 0 Å². The van der Waals surface area contributed by atoms with Crippen LogP contribution < -0.4 is 0 Å². The van der Waals surface area contributed by atoms with Gasteiger partial charge in [-0.2, -0.15) is 0 Å². The maximum Gasteiger partial charge on any atom is 0.165 e. The smallest absolute Gasteiger partial charge is 0.165 e. The van der Waals surface area contributed by atoms with E-state index in [4.69, 9.17) is 4.74 Å². The van der Waals surface area contributed by atoms with Crippen LogP contribution in [0.4, 0.5) is 0 Å². The van der Waals surface area contributed by atoms with Crippen LogP contribution in [0.5, 0.6) is 0 Å². The standard InChI is InChI=1S/C12H20O2/c1-9-7-10(2)12(11(13)8-9)5-3-4-6-14-12/h9-10H,3-8H2,1-2H3/t9-,10+,12+/m0/s1. The lowest BCUT2D eigenvalue weighted by Gasteiger charge is -2.45. The Hall–Kier alpha value is -0.370. The molecule has 2 nitrogen and oxygen atoms in total. The molecule has 0 bridgehead atoms. The van der Waals surface area contributed by atoms with Crippen LogP contribution in [0.2, 0.25) is 0 Å². The number of carbonyl (C=O) groups excluding carboxylic acids is 1. The van der Waals surface area contributed by atoms with Gasteiger partial charge in [0.1, 0.15) is 5.60 Å². The van der Waals surface area contributed by atoms with Crippen LogP contribution in [0.3, 0.4) is 0 Å². The van der Waals surface area contributed by atoms with Gasteiger partial charge in [0, 0.05) is 13.0 Å². The SMILES string of the molecule is C[C@@H]1CC(=O)[C@@]2(CCCCO2)[C@H](C)C1. The molecule has 0 unspecified atom stereocenters. The normalized spacial score (nSPS) is 44.3. The van der Waals surface area contributed by atoms with Gasteiger partial charge in [0.05, 0.1) is 0 Å². The second kappa shape index (κ2) is 3.65. The third-order valence-electron chi connectivity index (χ3n) is 3.86. The zero-order chi connectivity index (χ0) is 10.2. The summed E-state index contributed by atoms with van der Waals surface area (Å²) in [6.07, 6.45) is 5.11. The molecular weight excluding hydrogens is 176 g/mol. The number of Topliss-reactive ketones (excluding diaryl/α,β-unsaturated/α-hetero) is 1. The predicted molar refractivity (Wildman–Crippen MR) is 55.1 cm³/mol. The molecule has 2 fully saturated rings. The number of hydrogen-bond acceptors (Lipinski definition) is 2. The highest BCUT2D eigenvalue weighted by Crippen LogP contribution is 2.42. The number of ether oxygens (including phenoxy) is 1. The second-order valence-corrected chi connectivity index (χ2v) is 5.06. The molecule has 1 spiro atoms. The van der Waals surface area contributed by atoms with E-state index in [1.165, 1.54) is 0 Å². The third-order valence-corrected chi connectivity index (χ3v) is 3.86. The average molecular weight is 196 g/mol. The Labute approximate surface area is 86.0 Å². The molecule has 0 aromatic heterocycles. The van der Waals surface area contributed by atoms with Gasteiger partial charge in [-0.25, -0.2) is 0 Å². The van der Waals surface area contributed by atoms with Crippen LogP contribution in [-0.4, -0.2) is 18.0 Å². The largest absolute Gasteiger partial charge is 0.367 e. The Morgan fingerprint density at radius 2 is 2.14 bits per heavy atom. The van der Waals surface area contributed by atoms with Gasteiger partial charge < -0.3 is 4.74 Å². The lowest BCUT2D eigenvalue weighted by Crippen LogP contribution is -2.53. The first kappa shape index (κ1) is 10.2. The van der Waals surface area contributed by atoms with Crippen molar-refractivity contribution in [1.29, 1.82) is 0 Å². The van der Waals surface area contributed by atoms with Crippen molar-refractivity contribution >= 4 is 5.78 Å². The van der Waals surface area contributed by atoms with Gasteiger partial charge >= 0.3 is 0 Å². The van der Waals surface area contributed by atoms with Crippen molar-refractivity contribution in [2.75, 3.05) is 6.61 Å². The van der Waals surface area contributed by atoms with Crippen molar-refractivity contribution < 1.29 is 9.53 Å². The van der Waals surface area contributed by atoms with Crippen LogP contribution in [0.1, 0.15) is 46.0 Å². The zero-order valence-corrected chi connectivity index (χ0v) is 9.21. The van der Waals surface area contributed by atoms with Crippen molar-refractivity contribution in [3.05, 3.63) is 0 Å². The van der Waals surface area contributed by atoms with Crippen LogP contribution >= 0.6 is 0 Å². The number of hydrogen-bond donors (Lipinski definition) is 0. The molecule has 0 aromatic rings. The molecule has 2 aliphatic rings. The van der Waals surface area contributed by atoms with Gasteiger partial charge in [-0.05, 0) is 37.5 Å². The molecule has 1 heterocycles. The minimum absolute atomic E-state index is 0.364. The van der Waals surface area contributed by atoms with Gasteiger partial charge in [0.15, 0.2) is 5.78 Å². The fourth-order valence-corrected chi connectivity index (χ4v) is 3.07. The van der Waals surface area contributed by atoms with Gasteiger partial charge in [-0.1, -0.05) is 13.8 Å². The minimum atomic E-state index is -0.384. The lowest BCUT2D eigenvalue weighted by atomic mass is 9.68. The first-order valence-electron chi connectivity index (χ1n) is 5.82. The van der Waals surface area contributed by atoms with Gasteiger partial charge in [0.2, 0.25) is 0 Å². The van der Waals surface area contributed by atoms with Crippen molar-refractivity contribution in [3.63, 3.8) is 0 Å². The monoisotopic (exact) mass is 196 g/mol. The Kier molecular flexibility index (Phi) is 2.65. The van der Waals surface area contributed by atoms with Gasteiger partial charge in [-0.3, -0.25) is 4.79 Å². The first-order valence-corrected chi connectivity index (χ1v) is 5.82. The quantitative estimate of drug-likeness (QED) is 0.595. The average Bonchev–Trinajstić information content (AvgIpc) is 2.16. The number of ketones is 1. The molecule has 3 atom stereocenters. The molecule has 1 saturated carbocycles. The second-order valence-electron chi connectivity index (χ2n) is 5.06. The van der Waals surface area contributed by atoms with E-state index in [1.807, 2.05) is 0 Å². The molecule has 2 heteroatoms. The summed E-state index contributed by atoms with van der Waals surface area (Å²) in [6, 6.07) is 0. The summed E-state index contributed by atoms with van der Waals surface area (Å²) in [7, 11) is 0. The molecule has 1 saturated heterocycles. The van der Waals surface area contributed by atoms with Gasteiger partial charge in [0.25, 0.3) is 0 Å². The van der Waals surface area contributed by atoms with E-state index < -0.39 is 0 Å². The number of rotatable bonds is 0. The van der Waals surface area contributed by atoms with E-state index >= 15 is 0 Å². The fourth-order valence-electron chi connectivity index (χ4n) is 3.07. The van der Waals surface area contributed by atoms with Crippen molar-refractivity contribution in [1.82, 2.24) is 0 Å². The molecule has 1 aliphatic carbocycles. The molecule has 2 rings (SSSR count). The van der Waals surface area contributed by atoms with E-state index in [0.29, 0.717) is 17.6 Å². The Morgan fingerprint density at radius 1 is 1.36 bits per heavy atom. The summed E-state index contributed by atoms with van der Waals surface area (Å²) in [6.45, 7) is 5.13. The highest BCUT2D eigenvalue weighted by molar-refractivity contribution is 5.88. The van der Waals surface area contributed by atoms with E-state index in [9.17, 15) is 4.79 Å². The van der Waals surface area contributed by atoms with E-state index in [2.05, 4.69) is 13.8 Å². The highest BCUT2D eigenvalue weighted by Gasteiger charge is 2.48. The fraction of sp³-hybridized carbons (Fsp3) is 0.917. The first-order chi connectivity index (χ1) is 6.65. The van der Waals surface area contributed by atoms with E-state index in [1.54, 1.807) is 0 Å². The summed E-state index contributed by atoms with van der Waals surface area (Å²) in [5, 5.41) is 0.